The van der Waals surface area contributed by atoms with Gasteiger partial charge in [0.05, 0.1) is 32.3 Å². The van der Waals surface area contributed by atoms with E-state index >= 15 is 4.79 Å². The highest BCUT2D eigenvalue weighted by molar-refractivity contribution is 5.97. The normalized spacial score (nSPS) is 35.9. The van der Waals surface area contributed by atoms with E-state index in [9.17, 15) is 19.1 Å². The summed E-state index contributed by atoms with van der Waals surface area (Å²) in [7, 11) is 6.31. The summed E-state index contributed by atoms with van der Waals surface area (Å²) in [5, 5.41) is 13.1. The largest absolute Gasteiger partial charge is 0.496 e. The number of carbonyl (C=O) groups is 3. The molecule has 1 saturated carbocycles. The van der Waals surface area contributed by atoms with Gasteiger partial charge in [0.2, 0.25) is 0 Å². The molecule has 1 aliphatic carbocycles. The number of esters is 3. The maximum Gasteiger partial charge on any atom is 0.347 e. The molecular weight excluding hydrogens is 844 g/mol. The fourth-order valence-electron chi connectivity index (χ4n) is 14.8. The van der Waals surface area contributed by atoms with E-state index in [0.29, 0.717) is 88.3 Å². The van der Waals surface area contributed by atoms with Crippen LogP contribution in [0.1, 0.15) is 75.3 Å². The van der Waals surface area contributed by atoms with Gasteiger partial charge in [-0.05, 0) is 104 Å². The van der Waals surface area contributed by atoms with Gasteiger partial charge in [-0.15, -0.1) is 0 Å². The van der Waals surface area contributed by atoms with E-state index in [1.807, 2.05) is 37.1 Å². The molecule has 4 fully saturated rings. The van der Waals surface area contributed by atoms with Crippen molar-refractivity contribution >= 4 is 34.5 Å². The van der Waals surface area contributed by atoms with E-state index in [4.69, 9.17) is 23.7 Å². The molecule has 2 bridgehead atoms. The minimum absolute atomic E-state index is 0.142. The number of nitrogens with zero attached hydrogens (tertiary/aromatic N) is 3. The Bertz CT molecular complexity index is 2740. The van der Waals surface area contributed by atoms with E-state index in [1.165, 1.54) is 33.3 Å². The van der Waals surface area contributed by atoms with Crippen LogP contribution in [0.3, 0.4) is 0 Å². The smallest absolute Gasteiger partial charge is 0.347 e. The number of anilines is 1. The van der Waals surface area contributed by atoms with Gasteiger partial charge in [0.15, 0.2) is 11.8 Å². The Balaban J connectivity index is 1.20. The SMILES string of the molecule is CC[C@]1(O)C[C@H]2CN(CCc3c([nH]c4ccc(-c5ccc(F)cc5)cc34)[C@@](C(=O)OC)(c3cc4c(cc3OC)N(C)[C@@]35O[C@]3(C(=O)OC)[C@H](OC(C)=O)[C@]3(CC)C=CCN6CC[C@]45[C@@H]63)C2)C1. The van der Waals surface area contributed by atoms with Crippen molar-refractivity contribution in [2.24, 2.45) is 11.3 Å². The van der Waals surface area contributed by atoms with Crippen LogP contribution in [0.4, 0.5) is 10.1 Å². The molecule has 10 atom stereocenters. The molecule has 3 aromatic carbocycles. The Morgan fingerprint density at radius 2 is 1.70 bits per heavy atom. The lowest BCUT2D eigenvalue weighted by Crippen LogP contribution is -2.75. The van der Waals surface area contributed by atoms with Crippen LogP contribution in [0, 0.1) is 17.2 Å². The van der Waals surface area contributed by atoms with E-state index in [2.05, 4.69) is 46.0 Å². The lowest BCUT2D eigenvalue weighted by molar-refractivity contribution is -0.178. The Morgan fingerprint density at radius 1 is 0.939 bits per heavy atom. The molecule has 1 aromatic heterocycles. The summed E-state index contributed by atoms with van der Waals surface area (Å²) < 4.78 is 45.8. The molecule has 7 aliphatic rings. The van der Waals surface area contributed by atoms with Crippen LogP contribution in [0.2, 0.25) is 0 Å². The number of rotatable bonds is 8. The number of carbonyl (C=O) groups excluding carboxylic acids is 3. The number of hydrogen-bond acceptors (Lipinski definition) is 12. The molecular formula is C52H59FN4O9. The number of aromatic nitrogens is 1. The van der Waals surface area contributed by atoms with E-state index < -0.39 is 57.2 Å². The molecule has 6 aliphatic heterocycles. The van der Waals surface area contributed by atoms with Crippen molar-refractivity contribution in [2.45, 2.75) is 99.2 Å². The zero-order valence-corrected chi connectivity index (χ0v) is 38.8. The monoisotopic (exact) mass is 902 g/mol. The second kappa shape index (κ2) is 14.6. The van der Waals surface area contributed by atoms with Crippen LogP contribution < -0.4 is 9.64 Å². The van der Waals surface area contributed by atoms with Gasteiger partial charge in [-0.1, -0.05) is 44.2 Å². The lowest BCUT2D eigenvalue weighted by atomic mass is 9.49. The first-order chi connectivity index (χ1) is 31.7. The predicted molar refractivity (Wildman–Crippen MR) is 244 cm³/mol. The van der Waals surface area contributed by atoms with E-state index in [0.717, 1.165) is 38.8 Å². The van der Waals surface area contributed by atoms with Crippen molar-refractivity contribution in [3.05, 3.63) is 95.0 Å². The average Bonchev–Trinajstić information content (AvgIpc) is 3.56. The highest BCUT2D eigenvalue weighted by Crippen LogP contribution is 2.80. The van der Waals surface area contributed by atoms with Gasteiger partial charge < -0.3 is 38.7 Å². The summed E-state index contributed by atoms with van der Waals surface area (Å²) >= 11 is 0. The van der Waals surface area contributed by atoms with Crippen LogP contribution in [0.15, 0.2) is 66.7 Å². The summed E-state index contributed by atoms with van der Waals surface area (Å²) in [6, 6.07) is 16.4. The molecule has 7 heterocycles. The molecule has 1 unspecified atom stereocenters. The first-order valence-corrected chi connectivity index (χ1v) is 23.5. The number of halogens is 1. The van der Waals surface area contributed by atoms with Gasteiger partial charge in [0.25, 0.3) is 5.60 Å². The van der Waals surface area contributed by atoms with Crippen molar-refractivity contribution in [3.8, 4) is 16.9 Å². The summed E-state index contributed by atoms with van der Waals surface area (Å²) in [5.41, 5.74) is -0.689. The molecule has 2 spiro atoms. The molecule has 2 N–H and O–H groups in total. The van der Waals surface area contributed by atoms with Crippen LogP contribution in [-0.2, 0) is 50.6 Å². The van der Waals surface area contributed by atoms with Gasteiger partial charge in [0.1, 0.15) is 17.0 Å². The standard InChI is InChI=1S/C52H59FN4O9/c1-8-47(61)26-31-27-49(45(59)63-6,42-35(17-21-56(28-31)29-47)36-23-33(13-16-39(36)54-42)32-11-14-34(53)15-12-32)38-24-37-40(25-41(38)62-5)55(4)52-50(37)19-22-57-20-10-18-48(9-2,43(50)57)44(65-30(3)58)51(52,66-52)46(60)64-7/h10-16,18,23-25,31,43-44,54,61H,8-9,17,19-22,26-29H2,1-7H3/t31-,43+,44-,47+,48-,49+,50-,51+,52+/m1/s1. The fourth-order valence-corrected chi connectivity index (χ4v) is 14.8. The Labute approximate surface area is 384 Å². The zero-order chi connectivity index (χ0) is 46.3. The average molecular weight is 903 g/mol. The number of methoxy groups -OCH3 is 3. The minimum Gasteiger partial charge on any atom is -0.496 e. The van der Waals surface area contributed by atoms with Crippen molar-refractivity contribution in [1.29, 1.82) is 0 Å². The first-order valence-electron chi connectivity index (χ1n) is 23.5. The number of likely N-dealkylation sites (N-methyl/N-ethyl adjacent to an activating group) is 1. The fraction of sp³-hybridized carbons (Fsp3) is 0.519. The summed E-state index contributed by atoms with van der Waals surface area (Å²) in [5.74, 6) is -1.60. The topological polar surface area (TPSA) is 146 Å². The van der Waals surface area contributed by atoms with E-state index in [-0.39, 0.29) is 17.8 Å². The second-order valence-electron chi connectivity index (χ2n) is 20.1. The Hall–Kier alpha value is -5.28. The molecule has 11 rings (SSSR count). The third-order valence-corrected chi connectivity index (χ3v) is 17.3. The second-order valence-corrected chi connectivity index (χ2v) is 20.1. The van der Waals surface area contributed by atoms with Gasteiger partial charge in [-0.25, -0.2) is 9.18 Å². The van der Waals surface area contributed by atoms with Gasteiger partial charge >= 0.3 is 17.9 Å². The van der Waals surface area contributed by atoms with Gasteiger partial charge in [-0.3, -0.25) is 19.4 Å². The zero-order valence-electron chi connectivity index (χ0n) is 38.8. The molecule has 0 radical (unpaired) electrons. The molecule has 348 valence electrons. The van der Waals surface area contributed by atoms with Crippen LogP contribution in [0.25, 0.3) is 22.0 Å². The number of piperidine rings is 1. The highest BCUT2D eigenvalue weighted by atomic mass is 19.1. The summed E-state index contributed by atoms with van der Waals surface area (Å²) in [6.07, 6.45) is 6.28. The third kappa shape index (κ3) is 5.27. The molecule has 0 amide bonds. The lowest BCUT2D eigenvalue weighted by Gasteiger charge is -2.58. The molecule has 4 aromatic rings. The van der Waals surface area contributed by atoms with E-state index in [1.54, 1.807) is 19.2 Å². The highest BCUT2D eigenvalue weighted by Gasteiger charge is 2.98. The van der Waals surface area contributed by atoms with Crippen molar-refractivity contribution in [1.82, 2.24) is 14.8 Å². The quantitative estimate of drug-likeness (QED) is 0.0904. The maximum absolute atomic E-state index is 15.6. The van der Waals surface area contributed by atoms with Gasteiger partial charge in [-0.2, -0.15) is 0 Å². The number of benzene rings is 3. The Kier molecular flexibility index (Phi) is 9.58. The molecule has 14 heteroatoms. The van der Waals surface area contributed by atoms with Crippen LogP contribution >= 0.6 is 0 Å². The molecule has 13 nitrogen and oxygen atoms in total. The maximum atomic E-state index is 15.6. The van der Waals surface area contributed by atoms with Crippen LogP contribution in [-0.4, -0.2) is 128 Å². The number of epoxide rings is 1. The first kappa shape index (κ1) is 43.3. The number of aliphatic hydroxyl groups is 1. The number of ether oxygens (including phenoxy) is 5. The van der Waals surface area contributed by atoms with Crippen molar-refractivity contribution < 1.29 is 47.6 Å². The summed E-state index contributed by atoms with van der Waals surface area (Å²) in [4.78, 5) is 54.1. The third-order valence-electron chi connectivity index (χ3n) is 17.3. The predicted octanol–water partition coefficient (Wildman–Crippen LogP) is 6.16. The van der Waals surface area contributed by atoms with Crippen molar-refractivity contribution in [3.63, 3.8) is 0 Å². The van der Waals surface area contributed by atoms with Crippen LogP contribution in [0.5, 0.6) is 5.75 Å². The molecule has 3 saturated heterocycles. The van der Waals surface area contributed by atoms with Gasteiger partial charge in [0, 0.05) is 85.5 Å². The number of H-pyrrole nitrogens is 1. The minimum atomic E-state index is -1.69. The number of nitrogens with one attached hydrogen (secondary N) is 1. The number of aromatic amines is 1. The molecule has 66 heavy (non-hydrogen) atoms. The summed E-state index contributed by atoms with van der Waals surface area (Å²) in [6.45, 7) is 8.63. The number of fused-ring (bicyclic) bond motifs is 6. The Morgan fingerprint density at radius 3 is 2.39 bits per heavy atom. The van der Waals surface area contributed by atoms with Crippen molar-refractivity contribution in [2.75, 3.05) is 66.0 Å². The number of hydrogen-bond donors (Lipinski definition) is 2.